The number of thiazole rings is 1. The molecule has 3 aromatic rings. The third-order valence-electron chi connectivity index (χ3n) is 3.54. The van der Waals surface area contributed by atoms with E-state index >= 15 is 0 Å². The number of nitrogens with one attached hydrogen (secondary N) is 2. The molecule has 2 aromatic carbocycles. The van der Waals surface area contributed by atoms with Crippen molar-refractivity contribution in [3.8, 4) is 0 Å². The molecule has 0 spiro atoms. The smallest absolute Gasteiger partial charge is 0.170 e. The van der Waals surface area contributed by atoms with Gasteiger partial charge < -0.3 is 10.6 Å². The van der Waals surface area contributed by atoms with Crippen LogP contribution in [0.4, 0.5) is 5.69 Å². The van der Waals surface area contributed by atoms with E-state index in [1.54, 1.807) is 11.3 Å². The van der Waals surface area contributed by atoms with Crippen molar-refractivity contribution >= 4 is 44.6 Å². The van der Waals surface area contributed by atoms with Crippen molar-refractivity contribution in [1.82, 2.24) is 10.3 Å². The van der Waals surface area contributed by atoms with Gasteiger partial charge in [0.15, 0.2) is 5.11 Å². The SMILES string of the molecule is CCc1nc2ccc(NC(=S)NCCc3ccccc3)cc2s1. The molecule has 0 unspecified atom stereocenters. The summed E-state index contributed by atoms with van der Waals surface area (Å²) in [5.41, 5.74) is 3.36. The van der Waals surface area contributed by atoms with E-state index in [2.05, 4.69) is 52.9 Å². The van der Waals surface area contributed by atoms with Gasteiger partial charge in [-0.25, -0.2) is 4.98 Å². The van der Waals surface area contributed by atoms with Crippen LogP contribution in [0, 0.1) is 0 Å². The molecule has 0 saturated carbocycles. The van der Waals surface area contributed by atoms with Gasteiger partial charge in [-0.1, -0.05) is 37.3 Å². The minimum atomic E-state index is 0.653. The van der Waals surface area contributed by atoms with E-state index in [1.807, 2.05) is 18.2 Å². The van der Waals surface area contributed by atoms with Gasteiger partial charge in [-0.2, -0.15) is 0 Å². The van der Waals surface area contributed by atoms with Crippen molar-refractivity contribution < 1.29 is 0 Å². The Bertz CT molecular complexity index is 796. The van der Waals surface area contributed by atoms with Crippen LogP contribution in [0.1, 0.15) is 17.5 Å². The molecule has 5 heteroatoms. The van der Waals surface area contributed by atoms with Gasteiger partial charge in [0.1, 0.15) is 0 Å². The number of benzene rings is 2. The highest BCUT2D eigenvalue weighted by molar-refractivity contribution is 7.80. The zero-order valence-electron chi connectivity index (χ0n) is 13.0. The molecule has 0 radical (unpaired) electrons. The van der Waals surface area contributed by atoms with Gasteiger partial charge >= 0.3 is 0 Å². The first kappa shape index (κ1) is 15.9. The number of rotatable bonds is 5. The summed E-state index contributed by atoms with van der Waals surface area (Å²) in [6, 6.07) is 16.6. The monoisotopic (exact) mass is 341 g/mol. The van der Waals surface area contributed by atoms with E-state index in [9.17, 15) is 0 Å². The second kappa shape index (κ2) is 7.53. The molecule has 0 aliphatic rings. The third kappa shape index (κ3) is 4.27. The predicted molar refractivity (Wildman–Crippen MR) is 103 cm³/mol. The molecule has 1 heterocycles. The molecule has 118 valence electrons. The zero-order chi connectivity index (χ0) is 16.1. The van der Waals surface area contributed by atoms with E-state index in [4.69, 9.17) is 12.2 Å². The van der Waals surface area contributed by atoms with Crippen LogP contribution in [-0.2, 0) is 12.8 Å². The van der Waals surface area contributed by atoms with Gasteiger partial charge in [0.2, 0.25) is 0 Å². The highest BCUT2D eigenvalue weighted by atomic mass is 32.1. The topological polar surface area (TPSA) is 37.0 Å². The molecule has 23 heavy (non-hydrogen) atoms. The van der Waals surface area contributed by atoms with E-state index in [1.165, 1.54) is 15.3 Å². The second-order valence-electron chi connectivity index (χ2n) is 5.26. The number of anilines is 1. The van der Waals surface area contributed by atoms with E-state index in [-0.39, 0.29) is 0 Å². The maximum Gasteiger partial charge on any atom is 0.170 e. The summed E-state index contributed by atoms with van der Waals surface area (Å²) in [5, 5.41) is 8.32. The Hall–Kier alpha value is -1.98. The average Bonchev–Trinajstić information content (AvgIpc) is 2.98. The molecule has 0 aliphatic heterocycles. The molecule has 0 aliphatic carbocycles. The number of hydrogen-bond acceptors (Lipinski definition) is 3. The van der Waals surface area contributed by atoms with Crippen LogP contribution in [0.3, 0.4) is 0 Å². The first-order valence-electron chi connectivity index (χ1n) is 7.73. The maximum absolute atomic E-state index is 5.37. The van der Waals surface area contributed by atoms with E-state index in [0.29, 0.717) is 5.11 Å². The third-order valence-corrected chi connectivity index (χ3v) is 4.94. The lowest BCUT2D eigenvalue weighted by molar-refractivity contribution is 0.873. The lowest BCUT2D eigenvalue weighted by atomic mass is 10.1. The number of nitrogens with zero attached hydrogens (tertiary/aromatic N) is 1. The van der Waals surface area contributed by atoms with Crippen molar-refractivity contribution in [3.63, 3.8) is 0 Å². The number of hydrogen-bond donors (Lipinski definition) is 2. The van der Waals surface area contributed by atoms with Crippen LogP contribution in [0.15, 0.2) is 48.5 Å². The summed E-state index contributed by atoms with van der Waals surface area (Å²) in [6.45, 7) is 2.95. The molecule has 0 amide bonds. The predicted octanol–water partition coefficient (Wildman–Crippen LogP) is 4.39. The van der Waals surface area contributed by atoms with Crippen LogP contribution in [0.5, 0.6) is 0 Å². The lowest BCUT2D eigenvalue weighted by Crippen LogP contribution is -2.30. The Morgan fingerprint density at radius 1 is 1.17 bits per heavy atom. The van der Waals surface area contributed by atoms with Crippen LogP contribution >= 0.6 is 23.6 Å². The highest BCUT2D eigenvalue weighted by Crippen LogP contribution is 2.25. The summed E-state index contributed by atoms with van der Waals surface area (Å²) in [6.07, 6.45) is 1.93. The Labute approximate surface area is 145 Å². The van der Waals surface area contributed by atoms with Gasteiger partial charge in [0.25, 0.3) is 0 Å². The summed E-state index contributed by atoms with van der Waals surface area (Å²) < 4.78 is 1.19. The molecule has 3 rings (SSSR count). The minimum absolute atomic E-state index is 0.653. The Morgan fingerprint density at radius 2 is 2.00 bits per heavy atom. The van der Waals surface area contributed by atoms with Crippen molar-refractivity contribution in [2.45, 2.75) is 19.8 Å². The fourth-order valence-corrected chi connectivity index (χ4v) is 3.51. The van der Waals surface area contributed by atoms with Gasteiger partial charge in [-0.05, 0) is 48.8 Å². The summed E-state index contributed by atoms with van der Waals surface area (Å²) in [5.74, 6) is 0. The first-order valence-corrected chi connectivity index (χ1v) is 8.95. The van der Waals surface area contributed by atoms with Gasteiger partial charge in [0, 0.05) is 12.2 Å². The fraction of sp³-hybridized carbons (Fsp3) is 0.222. The standard InChI is InChI=1S/C18H19N3S2/c1-2-17-21-15-9-8-14(12-16(15)23-17)20-18(22)19-11-10-13-6-4-3-5-7-13/h3-9,12H,2,10-11H2,1H3,(H2,19,20,22). The summed E-state index contributed by atoms with van der Waals surface area (Å²) in [4.78, 5) is 4.58. The number of aromatic nitrogens is 1. The number of aryl methyl sites for hydroxylation is 1. The van der Waals surface area contributed by atoms with Crippen LogP contribution < -0.4 is 10.6 Å². The van der Waals surface area contributed by atoms with Gasteiger partial charge in [-0.3, -0.25) is 0 Å². The van der Waals surface area contributed by atoms with E-state index in [0.717, 1.165) is 30.6 Å². The number of fused-ring (bicyclic) bond motifs is 1. The molecule has 0 atom stereocenters. The van der Waals surface area contributed by atoms with Crippen LogP contribution in [0.2, 0.25) is 0 Å². The molecule has 0 saturated heterocycles. The number of thiocarbonyl (C=S) groups is 1. The largest absolute Gasteiger partial charge is 0.362 e. The fourth-order valence-electron chi connectivity index (χ4n) is 2.34. The molecular weight excluding hydrogens is 322 g/mol. The Balaban J connectivity index is 1.55. The molecule has 0 fully saturated rings. The highest BCUT2D eigenvalue weighted by Gasteiger charge is 2.04. The first-order chi connectivity index (χ1) is 11.2. The molecule has 1 aromatic heterocycles. The average molecular weight is 342 g/mol. The van der Waals surface area contributed by atoms with Crippen LogP contribution in [-0.4, -0.2) is 16.6 Å². The second-order valence-corrected chi connectivity index (χ2v) is 6.78. The quantitative estimate of drug-likeness (QED) is 0.675. The lowest BCUT2D eigenvalue weighted by Gasteiger charge is -2.10. The maximum atomic E-state index is 5.37. The van der Waals surface area contributed by atoms with Gasteiger partial charge in [0.05, 0.1) is 15.2 Å². The Kier molecular flexibility index (Phi) is 5.20. The summed E-state index contributed by atoms with van der Waals surface area (Å²) in [7, 11) is 0. The molecular formula is C18H19N3S2. The Morgan fingerprint density at radius 3 is 2.78 bits per heavy atom. The normalized spacial score (nSPS) is 10.7. The van der Waals surface area contributed by atoms with Crippen molar-refractivity contribution in [1.29, 1.82) is 0 Å². The van der Waals surface area contributed by atoms with Crippen LogP contribution in [0.25, 0.3) is 10.2 Å². The van der Waals surface area contributed by atoms with Gasteiger partial charge in [-0.15, -0.1) is 11.3 Å². The van der Waals surface area contributed by atoms with Crippen molar-refractivity contribution in [2.75, 3.05) is 11.9 Å². The molecule has 3 nitrogen and oxygen atoms in total. The summed E-state index contributed by atoms with van der Waals surface area (Å²) >= 11 is 7.11. The van der Waals surface area contributed by atoms with Crippen molar-refractivity contribution in [2.24, 2.45) is 0 Å². The molecule has 0 bridgehead atoms. The van der Waals surface area contributed by atoms with E-state index < -0.39 is 0 Å². The molecule has 2 N–H and O–H groups in total. The van der Waals surface area contributed by atoms with Crippen molar-refractivity contribution in [3.05, 3.63) is 59.1 Å². The minimum Gasteiger partial charge on any atom is -0.362 e. The zero-order valence-corrected chi connectivity index (χ0v) is 14.6.